The van der Waals surface area contributed by atoms with Crippen LogP contribution < -0.4 is 4.90 Å². The lowest BCUT2D eigenvalue weighted by molar-refractivity contribution is -0.139. The number of hydrogen-bond acceptors (Lipinski definition) is 6. The van der Waals surface area contributed by atoms with E-state index in [0.29, 0.717) is 10.2 Å². The van der Waals surface area contributed by atoms with Crippen LogP contribution in [0.25, 0.3) is 0 Å². The summed E-state index contributed by atoms with van der Waals surface area (Å²) in [5.74, 6) is -2.62. The van der Waals surface area contributed by atoms with E-state index in [4.69, 9.17) is 9.47 Å². The third-order valence-corrected chi connectivity index (χ3v) is 4.01. The predicted molar refractivity (Wildman–Crippen MR) is 92.9 cm³/mol. The van der Waals surface area contributed by atoms with Crippen LogP contribution >= 0.6 is 15.9 Å². The molecular weight excluding hydrogens is 394 g/mol. The van der Waals surface area contributed by atoms with Crippen LogP contribution in [0.15, 0.2) is 58.4 Å². The number of carboxylic acid groups (broad SMARTS) is 1. The topological polar surface area (TPSA) is 93.1 Å². The van der Waals surface area contributed by atoms with E-state index in [9.17, 15) is 19.5 Å². The molecule has 0 aromatic heterocycles. The van der Waals surface area contributed by atoms with Crippen molar-refractivity contribution in [3.63, 3.8) is 0 Å². The van der Waals surface area contributed by atoms with Crippen molar-refractivity contribution < 1.29 is 29.0 Å². The summed E-state index contributed by atoms with van der Waals surface area (Å²) in [6, 6.07) is 4.33. The van der Waals surface area contributed by atoms with Gasteiger partial charge in [-0.15, -0.1) is 0 Å². The fourth-order valence-electron chi connectivity index (χ4n) is 2.18. The quantitative estimate of drug-likeness (QED) is 0.766. The molecule has 0 amide bonds. The molecule has 0 fully saturated rings. The van der Waals surface area contributed by atoms with Gasteiger partial charge < -0.3 is 19.5 Å². The third-order valence-electron chi connectivity index (χ3n) is 3.34. The molecule has 1 aliphatic rings. The highest BCUT2D eigenvalue weighted by molar-refractivity contribution is 9.10. The number of nitrogens with zero attached hydrogens (tertiary/aromatic N) is 1. The van der Waals surface area contributed by atoms with Gasteiger partial charge in [0.15, 0.2) is 0 Å². The van der Waals surface area contributed by atoms with E-state index in [1.807, 2.05) is 0 Å². The molecule has 1 heterocycles. The average Bonchev–Trinajstić information content (AvgIpc) is 2.83. The van der Waals surface area contributed by atoms with Crippen LogP contribution in [0.1, 0.15) is 10.4 Å². The molecule has 130 valence electrons. The normalized spacial score (nSPS) is 13.5. The lowest BCUT2D eigenvalue weighted by Crippen LogP contribution is -2.27. The summed E-state index contributed by atoms with van der Waals surface area (Å²) in [5, 5.41) is 9.21. The first-order chi connectivity index (χ1) is 11.9. The number of carbonyl (C=O) groups is 3. The first kappa shape index (κ1) is 18.5. The smallest absolute Gasteiger partial charge is 0.355 e. The first-order valence-corrected chi connectivity index (χ1v) is 7.77. The standard InChI is InChI=1S/C17H14BrNO6/c1-24-16(22)11-5-3-4-8-19(14(11)17(23)25-2)13-9-10(15(20)21)6-7-12(13)18/h3-9H,1-2H3,(H,20,21). The number of methoxy groups -OCH3 is 2. The summed E-state index contributed by atoms with van der Waals surface area (Å²) in [4.78, 5) is 37.1. The van der Waals surface area contributed by atoms with Crippen molar-refractivity contribution in [3.05, 3.63) is 63.9 Å². The molecule has 7 nitrogen and oxygen atoms in total. The maximum absolute atomic E-state index is 12.3. The number of esters is 2. The lowest BCUT2D eigenvalue weighted by atomic mass is 10.1. The second kappa shape index (κ2) is 7.80. The molecule has 8 heteroatoms. The van der Waals surface area contributed by atoms with Crippen LogP contribution in [-0.4, -0.2) is 37.2 Å². The van der Waals surface area contributed by atoms with Crippen LogP contribution in [0.2, 0.25) is 0 Å². The van der Waals surface area contributed by atoms with E-state index in [1.54, 1.807) is 12.2 Å². The Balaban J connectivity index is 2.73. The molecule has 0 bridgehead atoms. The fourth-order valence-corrected chi connectivity index (χ4v) is 2.62. The van der Waals surface area contributed by atoms with Crippen molar-refractivity contribution in [2.45, 2.75) is 0 Å². The zero-order valence-electron chi connectivity index (χ0n) is 13.4. The highest BCUT2D eigenvalue weighted by atomic mass is 79.9. The summed E-state index contributed by atoms with van der Waals surface area (Å²) in [6.07, 6.45) is 6.09. The van der Waals surface area contributed by atoms with E-state index < -0.39 is 17.9 Å². The van der Waals surface area contributed by atoms with Gasteiger partial charge in [-0.25, -0.2) is 14.4 Å². The summed E-state index contributed by atoms with van der Waals surface area (Å²) in [6.45, 7) is 0. The summed E-state index contributed by atoms with van der Waals surface area (Å²) < 4.78 is 10.0. The van der Waals surface area contributed by atoms with Crippen LogP contribution in [0, 0.1) is 0 Å². The van der Waals surface area contributed by atoms with Gasteiger partial charge in [-0.1, -0.05) is 6.08 Å². The van der Waals surface area contributed by atoms with E-state index in [-0.39, 0.29) is 16.8 Å². The van der Waals surface area contributed by atoms with Gasteiger partial charge in [-0.3, -0.25) is 0 Å². The number of allylic oxidation sites excluding steroid dienone is 2. The highest BCUT2D eigenvalue weighted by Gasteiger charge is 2.28. The summed E-state index contributed by atoms with van der Waals surface area (Å²) >= 11 is 3.33. The zero-order chi connectivity index (χ0) is 18.6. The molecule has 1 N–H and O–H groups in total. The van der Waals surface area contributed by atoms with Crippen molar-refractivity contribution in [1.29, 1.82) is 0 Å². The van der Waals surface area contributed by atoms with Gasteiger partial charge in [0.25, 0.3) is 0 Å². The maximum atomic E-state index is 12.3. The molecule has 1 aliphatic heterocycles. The van der Waals surface area contributed by atoms with Crippen molar-refractivity contribution in [2.75, 3.05) is 19.1 Å². The Morgan fingerprint density at radius 1 is 1.08 bits per heavy atom. The molecule has 0 unspecified atom stereocenters. The Hall–Kier alpha value is -2.87. The van der Waals surface area contributed by atoms with Gasteiger partial charge >= 0.3 is 17.9 Å². The van der Waals surface area contributed by atoms with Crippen LogP contribution in [-0.2, 0) is 19.1 Å². The number of aromatic carboxylic acids is 1. The second-order valence-corrected chi connectivity index (χ2v) is 5.64. The number of halogens is 1. The number of rotatable bonds is 4. The minimum Gasteiger partial charge on any atom is -0.478 e. The van der Waals surface area contributed by atoms with Crippen LogP contribution in [0.3, 0.4) is 0 Å². The molecule has 0 saturated carbocycles. The Morgan fingerprint density at radius 2 is 1.76 bits per heavy atom. The van der Waals surface area contributed by atoms with E-state index in [1.165, 1.54) is 49.6 Å². The Kier molecular flexibility index (Phi) is 5.76. The Morgan fingerprint density at radius 3 is 2.36 bits per heavy atom. The molecule has 2 rings (SSSR count). The van der Waals surface area contributed by atoms with Gasteiger partial charge in [0.2, 0.25) is 0 Å². The molecule has 1 aromatic carbocycles. The molecule has 0 spiro atoms. The molecule has 0 radical (unpaired) electrons. The molecule has 0 aliphatic carbocycles. The van der Waals surface area contributed by atoms with Gasteiger partial charge in [0.05, 0.1) is 31.0 Å². The fraction of sp³-hybridized carbons (Fsp3) is 0.118. The number of anilines is 1. The minimum atomic E-state index is -1.12. The van der Waals surface area contributed by atoms with Crippen LogP contribution in [0.4, 0.5) is 5.69 Å². The van der Waals surface area contributed by atoms with E-state index >= 15 is 0 Å². The van der Waals surface area contributed by atoms with Crippen molar-refractivity contribution in [1.82, 2.24) is 0 Å². The van der Waals surface area contributed by atoms with Crippen LogP contribution in [0.5, 0.6) is 0 Å². The average molecular weight is 408 g/mol. The molecule has 25 heavy (non-hydrogen) atoms. The maximum Gasteiger partial charge on any atom is 0.355 e. The number of hydrogen-bond donors (Lipinski definition) is 1. The van der Waals surface area contributed by atoms with E-state index in [2.05, 4.69) is 15.9 Å². The van der Waals surface area contributed by atoms with Crippen molar-refractivity contribution in [2.24, 2.45) is 0 Å². The molecule has 0 saturated heterocycles. The SMILES string of the molecule is COC(=O)C1=C(C(=O)OC)N(c2cc(C(=O)O)ccc2Br)C=CC=C1. The number of benzene rings is 1. The van der Waals surface area contributed by atoms with Gasteiger partial charge in [0, 0.05) is 10.7 Å². The number of carbonyl (C=O) groups excluding carboxylic acids is 2. The molecule has 1 aromatic rings. The number of ether oxygens (including phenoxy) is 2. The monoisotopic (exact) mass is 407 g/mol. The second-order valence-electron chi connectivity index (χ2n) is 4.79. The highest BCUT2D eigenvalue weighted by Crippen LogP contribution is 2.33. The third kappa shape index (κ3) is 3.80. The zero-order valence-corrected chi connectivity index (χ0v) is 14.9. The summed E-state index contributed by atoms with van der Waals surface area (Å²) in [5.41, 5.74) is 0.254. The van der Waals surface area contributed by atoms with Gasteiger partial charge in [0.1, 0.15) is 5.70 Å². The first-order valence-electron chi connectivity index (χ1n) is 6.98. The minimum absolute atomic E-state index is 0.0210. The largest absolute Gasteiger partial charge is 0.478 e. The van der Waals surface area contributed by atoms with Gasteiger partial charge in [-0.2, -0.15) is 0 Å². The summed E-state index contributed by atoms with van der Waals surface area (Å²) in [7, 11) is 2.38. The molecule has 0 atom stereocenters. The Labute approximate surface area is 152 Å². The van der Waals surface area contributed by atoms with Crippen molar-refractivity contribution >= 4 is 39.5 Å². The van der Waals surface area contributed by atoms with E-state index in [0.717, 1.165) is 0 Å². The predicted octanol–water partition coefficient (Wildman–Crippen LogP) is 2.64. The van der Waals surface area contributed by atoms with Crippen molar-refractivity contribution in [3.8, 4) is 0 Å². The Bertz CT molecular complexity index is 824. The lowest BCUT2D eigenvalue weighted by Gasteiger charge is -2.24. The van der Waals surface area contributed by atoms with Gasteiger partial charge in [-0.05, 0) is 46.3 Å². The molecular formula is C17H14BrNO6. The number of carboxylic acids is 1.